The van der Waals surface area contributed by atoms with E-state index in [4.69, 9.17) is 0 Å². The van der Waals surface area contributed by atoms with Gasteiger partial charge in [0.1, 0.15) is 0 Å². The summed E-state index contributed by atoms with van der Waals surface area (Å²) < 4.78 is 40.8. The molecule has 0 radical (unpaired) electrons. The standard InChI is InChI=1S/C23H20F3N5O2/c1-30-12-17(15-4-2-13(8-20(15)30)23(24,25)26)22(33)29-19-10-28-18-5-3-14(9-16(18)19)31-7-6-27-11-21(31)32/h2-5,8-10,12,27-28H,6-7,11H2,1H3,(H,29,33). The summed E-state index contributed by atoms with van der Waals surface area (Å²) in [5.74, 6) is -0.472. The van der Waals surface area contributed by atoms with Crippen LogP contribution < -0.4 is 15.5 Å². The zero-order chi connectivity index (χ0) is 23.3. The Morgan fingerprint density at radius 1 is 1.12 bits per heavy atom. The number of alkyl halides is 3. The lowest BCUT2D eigenvalue weighted by Crippen LogP contribution is -2.48. The lowest BCUT2D eigenvalue weighted by Gasteiger charge is -2.27. The summed E-state index contributed by atoms with van der Waals surface area (Å²) in [6.45, 7) is 1.51. The third-order valence-electron chi connectivity index (χ3n) is 5.88. The van der Waals surface area contributed by atoms with Crippen LogP contribution >= 0.6 is 0 Å². The van der Waals surface area contributed by atoms with Gasteiger partial charge in [0.15, 0.2) is 0 Å². The van der Waals surface area contributed by atoms with Crippen molar-refractivity contribution in [3.05, 3.63) is 59.9 Å². The molecule has 1 saturated heterocycles. The number of fused-ring (bicyclic) bond motifs is 2. The molecule has 3 heterocycles. The van der Waals surface area contributed by atoms with E-state index in [1.165, 1.54) is 16.8 Å². The molecule has 10 heteroatoms. The molecular formula is C23H20F3N5O2. The Morgan fingerprint density at radius 3 is 2.70 bits per heavy atom. The summed E-state index contributed by atoms with van der Waals surface area (Å²) in [6.07, 6.45) is -1.30. The lowest BCUT2D eigenvalue weighted by atomic mass is 10.1. The Bertz CT molecular complexity index is 1400. The Balaban J connectivity index is 1.47. The summed E-state index contributed by atoms with van der Waals surface area (Å²) in [5.41, 5.74) is 1.84. The molecule has 2 aromatic carbocycles. The number of hydrogen-bond acceptors (Lipinski definition) is 3. The summed E-state index contributed by atoms with van der Waals surface area (Å²) >= 11 is 0. The molecule has 1 aliphatic heterocycles. The summed E-state index contributed by atoms with van der Waals surface area (Å²) in [4.78, 5) is 30.1. The van der Waals surface area contributed by atoms with Gasteiger partial charge in [-0.25, -0.2) is 0 Å². The van der Waals surface area contributed by atoms with Gasteiger partial charge in [-0.15, -0.1) is 0 Å². The van der Waals surface area contributed by atoms with Crippen molar-refractivity contribution in [1.82, 2.24) is 14.9 Å². The van der Waals surface area contributed by atoms with E-state index in [1.807, 2.05) is 18.2 Å². The maximum Gasteiger partial charge on any atom is 0.416 e. The van der Waals surface area contributed by atoms with Gasteiger partial charge in [0.05, 0.1) is 23.4 Å². The van der Waals surface area contributed by atoms with Crippen molar-refractivity contribution < 1.29 is 22.8 Å². The van der Waals surface area contributed by atoms with Gasteiger partial charge in [0, 0.05) is 60.0 Å². The van der Waals surface area contributed by atoms with Crippen molar-refractivity contribution in [2.45, 2.75) is 6.18 Å². The van der Waals surface area contributed by atoms with Gasteiger partial charge in [-0.05, 0) is 30.3 Å². The van der Waals surface area contributed by atoms with Crippen LogP contribution in [0.3, 0.4) is 0 Å². The first-order valence-electron chi connectivity index (χ1n) is 10.3. The van der Waals surface area contributed by atoms with Gasteiger partial charge < -0.3 is 25.1 Å². The van der Waals surface area contributed by atoms with Crippen LogP contribution in [-0.2, 0) is 18.0 Å². The third kappa shape index (κ3) is 3.72. The van der Waals surface area contributed by atoms with Crippen molar-refractivity contribution in [1.29, 1.82) is 0 Å². The van der Waals surface area contributed by atoms with E-state index >= 15 is 0 Å². The molecule has 1 aliphatic rings. The molecule has 0 aliphatic carbocycles. The minimum atomic E-state index is -4.46. The molecule has 0 saturated carbocycles. The Morgan fingerprint density at radius 2 is 1.94 bits per heavy atom. The molecule has 5 rings (SSSR count). The highest BCUT2D eigenvalue weighted by Gasteiger charge is 2.31. The van der Waals surface area contributed by atoms with E-state index < -0.39 is 17.6 Å². The Kier molecular flexibility index (Phi) is 4.89. The molecular weight excluding hydrogens is 435 g/mol. The molecule has 7 nitrogen and oxygen atoms in total. The van der Waals surface area contributed by atoms with Crippen LogP contribution in [0, 0.1) is 0 Å². The van der Waals surface area contributed by atoms with Crippen molar-refractivity contribution in [2.75, 3.05) is 29.9 Å². The van der Waals surface area contributed by atoms with E-state index in [9.17, 15) is 22.8 Å². The van der Waals surface area contributed by atoms with Crippen molar-refractivity contribution >= 4 is 45.0 Å². The monoisotopic (exact) mass is 455 g/mol. The number of halogens is 3. The lowest BCUT2D eigenvalue weighted by molar-refractivity contribution is -0.137. The number of aryl methyl sites for hydroxylation is 1. The Hall–Kier alpha value is -3.79. The predicted molar refractivity (Wildman–Crippen MR) is 119 cm³/mol. The molecule has 0 spiro atoms. The summed E-state index contributed by atoms with van der Waals surface area (Å²) in [5, 5.41) is 7.04. The van der Waals surface area contributed by atoms with Gasteiger partial charge in [-0.1, -0.05) is 6.07 Å². The van der Waals surface area contributed by atoms with Crippen molar-refractivity contribution in [3.8, 4) is 0 Å². The predicted octanol–water partition coefficient (Wildman–Crippen LogP) is 3.87. The van der Waals surface area contributed by atoms with Crippen LogP contribution in [0.25, 0.3) is 21.8 Å². The van der Waals surface area contributed by atoms with E-state index in [1.54, 1.807) is 18.1 Å². The molecule has 0 atom stereocenters. The number of rotatable bonds is 3. The fourth-order valence-corrected chi connectivity index (χ4v) is 4.19. The first-order valence-corrected chi connectivity index (χ1v) is 10.3. The van der Waals surface area contributed by atoms with Crippen LogP contribution in [0.4, 0.5) is 24.5 Å². The van der Waals surface area contributed by atoms with E-state index in [0.29, 0.717) is 29.7 Å². The SMILES string of the molecule is Cn1cc(C(=O)Nc2c[nH]c3ccc(N4CCNCC4=O)cc23)c2ccc(C(F)(F)F)cc21. The molecule has 1 fully saturated rings. The van der Waals surface area contributed by atoms with Gasteiger partial charge in [0.25, 0.3) is 5.91 Å². The highest BCUT2D eigenvalue weighted by Crippen LogP contribution is 2.33. The molecule has 4 aromatic rings. The number of hydrogen-bond donors (Lipinski definition) is 3. The van der Waals surface area contributed by atoms with Gasteiger partial charge in [0.2, 0.25) is 5.91 Å². The number of benzene rings is 2. The number of piperazine rings is 1. The Labute approximate surface area is 186 Å². The molecule has 2 aromatic heterocycles. The number of carbonyl (C=O) groups is 2. The number of aromatic amines is 1. The molecule has 170 valence electrons. The summed E-state index contributed by atoms with van der Waals surface area (Å²) in [6, 6.07) is 8.85. The number of nitrogens with zero attached hydrogens (tertiary/aromatic N) is 2. The average Bonchev–Trinajstić information content (AvgIpc) is 3.34. The van der Waals surface area contributed by atoms with E-state index in [0.717, 1.165) is 28.7 Å². The van der Waals surface area contributed by atoms with Crippen molar-refractivity contribution in [3.63, 3.8) is 0 Å². The topological polar surface area (TPSA) is 82.2 Å². The first kappa shape index (κ1) is 21.1. The second-order valence-corrected chi connectivity index (χ2v) is 7.99. The quantitative estimate of drug-likeness (QED) is 0.439. The molecule has 33 heavy (non-hydrogen) atoms. The van der Waals surface area contributed by atoms with Crippen LogP contribution in [0.2, 0.25) is 0 Å². The van der Waals surface area contributed by atoms with Gasteiger partial charge in [-0.3, -0.25) is 9.59 Å². The smallest absolute Gasteiger partial charge is 0.359 e. The van der Waals surface area contributed by atoms with Crippen LogP contribution in [0.5, 0.6) is 0 Å². The fraction of sp³-hybridized carbons (Fsp3) is 0.217. The first-order chi connectivity index (χ1) is 15.7. The number of aromatic nitrogens is 2. The van der Waals surface area contributed by atoms with Crippen LogP contribution in [0.1, 0.15) is 15.9 Å². The van der Waals surface area contributed by atoms with E-state index in [2.05, 4.69) is 15.6 Å². The normalized spacial score (nSPS) is 14.9. The minimum absolute atomic E-state index is 0.0318. The summed E-state index contributed by atoms with van der Waals surface area (Å²) in [7, 11) is 1.60. The van der Waals surface area contributed by atoms with Crippen LogP contribution in [0.15, 0.2) is 48.8 Å². The second-order valence-electron chi connectivity index (χ2n) is 7.99. The molecule has 3 N–H and O–H groups in total. The maximum absolute atomic E-state index is 13.1. The molecule has 0 bridgehead atoms. The highest BCUT2D eigenvalue weighted by atomic mass is 19.4. The highest BCUT2D eigenvalue weighted by molar-refractivity contribution is 6.15. The minimum Gasteiger partial charge on any atom is -0.359 e. The average molecular weight is 455 g/mol. The number of amides is 2. The third-order valence-corrected chi connectivity index (χ3v) is 5.88. The molecule has 2 amide bonds. The zero-order valence-corrected chi connectivity index (χ0v) is 17.6. The van der Waals surface area contributed by atoms with Gasteiger partial charge in [-0.2, -0.15) is 13.2 Å². The maximum atomic E-state index is 13.1. The largest absolute Gasteiger partial charge is 0.416 e. The van der Waals surface area contributed by atoms with Crippen LogP contribution in [-0.4, -0.2) is 41.0 Å². The number of nitrogens with one attached hydrogen (secondary N) is 3. The van der Waals surface area contributed by atoms with Gasteiger partial charge >= 0.3 is 6.18 Å². The number of H-pyrrole nitrogens is 1. The number of anilines is 2. The number of carbonyl (C=O) groups excluding carboxylic acids is 2. The molecule has 0 unspecified atom stereocenters. The van der Waals surface area contributed by atoms with Crippen molar-refractivity contribution in [2.24, 2.45) is 7.05 Å². The fourth-order valence-electron chi connectivity index (χ4n) is 4.19. The van der Waals surface area contributed by atoms with E-state index in [-0.39, 0.29) is 18.0 Å². The zero-order valence-electron chi connectivity index (χ0n) is 17.6. The second kappa shape index (κ2) is 7.66.